The van der Waals surface area contributed by atoms with Crippen molar-refractivity contribution in [1.82, 2.24) is 4.57 Å². The van der Waals surface area contributed by atoms with Crippen molar-refractivity contribution >= 4 is 45.4 Å². The SMILES string of the molecule is Cn1c2c(c3cc(C(C)(C)C)ccc31)C=C(N(c1ccccc1)c1ccc(N(c3ccccc3)c3ccccc3)cc1)CC2. The van der Waals surface area contributed by atoms with Gasteiger partial charge in [-0.25, -0.2) is 0 Å². The van der Waals surface area contributed by atoms with Gasteiger partial charge < -0.3 is 14.4 Å². The monoisotopic (exact) mass is 573 g/mol. The number of fused-ring (bicyclic) bond motifs is 3. The molecule has 0 bridgehead atoms. The van der Waals surface area contributed by atoms with E-state index in [4.69, 9.17) is 0 Å². The van der Waals surface area contributed by atoms with Crippen LogP contribution in [0.1, 0.15) is 44.0 Å². The third-order valence-corrected chi connectivity index (χ3v) is 8.86. The zero-order valence-electron chi connectivity index (χ0n) is 26.0. The quantitative estimate of drug-likeness (QED) is 0.196. The Bertz CT molecular complexity index is 1890. The number of anilines is 5. The first kappa shape index (κ1) is 27.8. The van der Waals surface area contributed by atoms with Crippen LogP contribution in [0.3, 0.4) is 0 Å². The molecular weight excluding hydrogens is 534 g/mol. The first-order chi connectivity index (χ1) is 21.4. The van der Waals surface area contributed by atoms with Crippen LogP contribution >= 0.6 is 0 Å². The molecule has 3 heteroatoms. The lowest BCUT2D eigenvalue weighted by Gasteiger charge is -2.31. The summed E-state index contributed by atoms with van der Waals surface area (Å²) in [7, 11) is 2.22. The highest BCUT2D eigenvalue weighted by atomic mass is 15.2. The second-order valence-electron chi connectivity index (χ2n) is 12.7. The Kier molecular flexibility index (Phi) is 7.10. The molecule has 1 heterocycles. The minimum atomic E-state index is 0.101. The maximum atomic E-state index is 2.44. The molecule has 1 aliphatic carbocycles. The van der Waals surface area contributed by atoms with Gasteiger partial charge in [0.25, 0.3) is 0 Å². The number of rotatable bonds is 6. The largest absolute Gasteiger partial charge is 0.347 e. The van der Waals surface area contributed by atoms with Gasteiger partial charge in [0.2, 0.25) is 0 Å². The molecule has 0 saturated carbocycles. The first-order valence-electron chi connectivity index (χ1n) is 15.6. The Balaban J connectivity index is 1.33. The number of hydrogen-bond donors (Lipinski definition) is 0. The van der Waals surface area contributed by atoms with Crippen LogP contribution in [-0.4, -0.2) is 4.57 Å². The lowest BCUT2D eigenvalue weighted by molar-refractivity contribution is 0.591. The van der Waals surface area contributed by atoms with Crippen LogP contribution in [0.2, 0.25) is 0 Å². The highest BCUT2D eigenvalue weighted by Crippen LogP contribution is 2.41. The van der Waals surface area contributed by atoms with Gasteiger partial charge in [0.15, 0.2) is 0 Å². The minimum Gasteiger partial charge on any atom is -0.347 e. The molecule has 218 valence electrons. The van der Waals surface area contributed by atoms with Gasteiger partial charge in [-0.3, -0.25) is 0 Å². The van der Waals surface area contributed by atoms with Crippen LogP contribution in [-0.2, 0) is 18.9 Å². The van der Waals surface area contributed by atoms with E-state index in [9.17, 15) is 0 Å². The van der Waals surface area contributed by atoms with E-state index in [1.807, 2.05) is 0 Å². The van der Waals surface area contributed by atoms with Gasteiger partial charge in [-0.15, -0.1) is 0 Å². The van der Waals surface area contributed by atoms with Crippen LogP contribution < -0.4 is 9.80 Å². The number of benzene rings is 5. The normalized spacial score (nSPS) is 13.0. The average Bonchev–Trinajstić information content (AvgIpc) is 3.34. The fourth-order valence-electron chi connectivity index (χ4n) is 6.53. The molecule has 3 nitrogen and oxygen atoms in total. The summed E-state index contributed by atoms with van der Waals surface area (Å²) in [5.74, 6) is 0. The van der Waals surface area contributed by atoms with Crippen LogP contribution in [0.15, 0.2) is 139 Å². The zero-order valence-corrected chi connectivity index (χ0v) is 26.0. The van der Waals surface area contributed by atoms with Gasteiger partial charge in [0.05, 0.1) is 0 Å². The van der Waals surface area contributed by atoms with Crippen molar-refractivity contribution < 1.29 is 0 Å². The summed E-state index contributed by atoms with van der Waals surface area (Å²) in [4.78, 5) is 4.75. The fourth-order valence-corrected chi connectivity index (χ4v) is 6.53. The molecule has 5 aromatic carbocycles. The van der Waals surface area contributed by atoms with E-state index in [1.165, 1.54) is 39.1 Å². The summed E-state index contributed by atoms with van der Waals surface area (Å²) >= 11 is 0. The number of para-hydroxylation sites is 3. The summed E-state index contributed by atoms with van der Waals surface area (Å²) in [5, 5.41) is 1.34. The van der Waals surface area contributed by atoms with Gasteiger partial charge in [0.1, 0.15) is 0 Å². The van der Waals surface area contributed by atoms with Crippen LogP contribution in [0, 0.1) is 0 Å². The van der Waals surface area contributed by atoms with Crippen molar-refractivity contribution in [2.45, 2.75) is 39.0 Å². The zero-order chi connectivity index (χ0) is 30.3. The number of nitrogens with zero attached hydrogens (tertiary/aromatic N) is 3. The third-order valence-electron chi connectivity index (χ3n) is 8.86. The Morgan fingerprint density at radius 2 is 1.02 bits per heavy atom. The minimum absolute atomic E-state index is 0.101. The molecule has 0 spiro atoms. The Hall–Kier alpha value is -5.02. The highest BCUT2D eigenvalue weighted by Gasteiger charge is 2.25. The predicted molar refractivity (Wildman–Crippen MR) is 188 cm³/mol. The molecule has 0 fully saturated rings. The number of hydrogen-bond acceptors (Lipinski definition) is 2. The lowest BCUT2D eigenvalue weighted by Crippen LogP contribution is -2.19. The number of aryl methyl sites for hydroxylation is 1. The molecule has 44 heavy (non-hydrogen) atoms. The molecule has 0 atom stereocenters. The standard InChI is InChI=1S/C41H39N3/c1-41(2,3)30-20-26-39-37(28-30)38-29-36(25-27-40(38)42(39)4)44(33-18-12-7-13-19-33)35-23-21-34(22-24-35)43(31-14-8-5-9-15-31)32-16-10-6-11-17-32/h5-24,26,28-29H,25,27H2,1-4H3. The average molecular weight is 574 g/mol. The van der Waals surface area contributed by atoms with Crippen molar-refractivity contribution in [1.29, 1.82) is 0 Å². The lowest BCUT2D eigenvalue weighted by atomic mass is 9.86. The molecule has 1 aromatic heterocycles. The molecule has 7 rings (SSSR count). The Morgan fingerprint density at radius 3 is 1.55 bits per heavy atom. The second kappa shape index (κ2) is 11.2. The molecule has 0 unspecified atom stereocenters. The van der Waals surface area contributed by atoms with Gasteiger partial charge in [0, 0.05) is 63.3 Å². The van der Waals surface area contributed by atoms with Gasteiger partial charge in [-0.2, -0.15) is 0 Å². The Morgan fingerprint density at radius 1 is 0.545 bits per heavy atom. The number of allylic oxidation sites excluding steroid dienone is 1. The topological polar surface area (TPSA) is 11.4 Å². The third kappa shape index (κ3) is 5.09. The van der Waals surface area contributed by atoms with Crippen molar-refractivity contribution in [2.75, 3.05) is 9.80 Å². The molecule has 0 N–H and O–H groups in total. The van der Waals surface area contributed by atoms with Crippen molar-refractivity contribution in [2.24, 2.45) is 7.05 Å². The molecule has 0 radical (unpaired) electrons. The van der Waals surface area contributed by atoms with E-state index in [-0.39, 0.29) is 5.41 Å². The van der Waals surface area contributed by atoms with Gasteiger partial charge in [-0.05, 0) is 103 Å². The van der Waals surface area contributed by atoms with E-state index >= 15 is 0 Å². The predicted octanol–water partition coefficient (Wildman–Crippen LogP) is 11.1. The van der Waals surface area contributed by atoms with Crippen LogP contribution in [0.5, 0.6) is 0 Å². The molecule has 0 saturated heterocycles. The van der Waals surface area contributed by atoms with Crippen molar-refractivity contribution in [3.8, 4) is 0 Å². The van der Waals surface area contributed by atoms with Crippen LogP contribution in [0.4, 0.5) is 28.4 Å². The summed E-state index contributed by atoms with van der Waals surface area (Å²) in [5.41, 5.74) is 12.6. The van der Waals surface area contributed by atoms with E-state index in [1.54, 1.807) is 0 Å². The van der Waals surface area contributed by atoms with E-state index in [0.29, 0.717) is 0 Å². The summed E-state index contributed by atoms with van der Waals surface area (Å²) in [6.45, 7) is 6.88. The summed E-state index contributed by atoms with van der Waals surface area (Å²) in [6, 6.07) is 48.0. The number of aromatic nitrogens is 1. The maximum absolute atomic E-state index is 2.44. The molecular formula is C41H39N3. The van der Waals surface area contributed by atoms with Gasteiger partial charge in [-0.1, -0.05) is 81.4 Å². The van der Waals surface area contributed by atoms with Crippen molar-refractivity contribution in [3.63, 3.8) is 0 Å². The first-order valence-corrected chi connectivity index (χ1v) is 15.6. The molecule has 1 aliphatic rings. The van der Waals surface area contributed by atoms with Crippen LogP contribution in [0.25, 0.3) is 17.0 Å². The van der Waals surface area contributed by atoms with Gasteiger partial charge >= 0.3 is 0 Å². The van der Waals surface area contributed by atoms with E-state index in [2.05, 4.69) is 182 Å². The highest BCUT2D eigenvalue weighted by molar-refractivity contribution is 5.94. The molecule has 0 amide bonds. The second-order valence-corrected chi connectivity index (χ2v) is 12.7. The van der Waals surface area contributed by atoms with E-state index < -0.39 is 0 Å². The Labute approximate surface area is 261 Å². The van der Waals surface area contributed by atoms with Crippen molar-refractivity contribution in [3.05, 3.63) is 156 Å². The molecule has 0 aliphatic heterocycles. The summed E-state index contributed by atoms with van der Waals surface area (Å²) < 4.78 is 2.40. The fraction of sp³-hybridized carbons (Fsp3) is 0.171. The van der Waals surface area contributed by atoms with E-state index in [0.717, 1.165) is 35.6 Å². The summed E-state index contributed by atoms with van der Waals surface area (Å²) in [6.07, 6.45) is 4.42. The molecule has 6 aromatic rings. The maximum Gasteiger partial charge on any atom is 0.0486 e. The smallest absolute Gasteiger partial charge is 0.0486 e.